The standard InChI is InChI=1S/C16H18N2O/c1-12-4-2-3-5-15(12)19-16-8-9-17-10-13(16)11-18-14-6-7-14/h2-5,8-10,14,18H,6-7,11H2,1H3. The summed E-state index contributed by atoms with van der Waals surface area (Å²) in [5, 5.41) is 3.49. The Hall–Kier alpha value is -1.87. The van der Waals surface area contributed by atoms with Crippen molar-refractivity contribution in [2.45, 2.75) is 32.4 Å². The van der Waals surface area contributed by atoms with Crippen molar-refractivity contribution in [2.75, 3.05) is 0 Å². The highest BCUT2D eigenvalue weighted by molar-refractivity contribution is 5.39. The van der Waals surface area contributed by atoms with Crippen LogP contribution < -0.4 is 10.1 Å². The first-order valence-electron chi connectivity index (χ1n) is 6.72. The van der Waals surface area contributed by atoms with Crippen LogP contribution in [0.5, 0.6) is 11.5 Å². The van der Waals surface area contributed by atoms with Crippen molar-refractivity contribution in [3.8, 4) is 11.5 Å². The van der Waals surface area contributed by atoms with E-state index in [9.17, 15) is 0 Å². The van der Waals surface area contributed by atoms with Gasteiger partial charge < -0.3 is 10.1 Å². The summed E-state index contributed by atoms with van der Waals surface area (Å²) in [7, 11) is 0. The molecule has 1 fully saturated rings. The molecule has 1 aliphatic carbocycles. The van der Waals surface area contributed by atoms with Gasteiger partial charge in [-0.25, -0.2) is 0 Å². The van der Waals surface area contributed by atoms with E-state index < -0.39 is 0 Å². The molecule has 0 radical (unpaired) electrons. The van der Waals surface area contributed by atoms with E-state index in [4.69, 9.17) is 4.74 Å². The third-order valence-corrected chi connectivity index (χ3v) is 3.33. The summed E-state index contributed by atoms with van der Waals surface area (Å²) in [6, 6.07) is 10.7. The van der Waals surface area contributed by atoms with Crippen LogP contribution in [-0.4, -0.2) is 11.0 Å². The summed E-state index contributed by atoms with van der Waals surface area (Å²) in [5.74, 6) is 1.79. The van der Waals surface area contributed by atoms with Crippen molar-refractivity contribution >= 4 is 0 Å². The lowest BCUT2D eigenvalue weighted by atomic mass is 10.2. The van der Waals surface area contributed by atoms with Gasteiger partial charge in [-0.15, -0.1) is 0 Å². The van der Waals surface area contributed by atoms with Crippen LogP contribution in [0.4, 0.5) is 0 Å². The Bertz CT molecular complexity index is 564. The monoisotopic (exact) mass is 254 g/mol. The number of aromatic nitrogens is 1. The molecule has 0 bridgehead atoms. The highest BCUT2D eigenvalue weighted by Gasteiger charge is 2.20. The van der Waals surface area contributed by atoms with Crippen molar-refractivity contribution in [2.24, 2.45) is 0 Å². The van der Waals surface area contributed by atoms with E-state index in [2.05, 4.69) is 23.3 Å². The van der Waals surface area contributed by atoms with Crippen molar-refractivity contribution in [3.63, 3.8) is 0 Å². The third kappa shape index (κ3) is 3.12. The largest absolute Gasteiger partial charge is 0.457 e. The number of hydrogen-bond donors (Lipinski definition) is 1. The van der Waals surface area contributed by atoms with Crippen LogP contribution in [0, 0.1) is 6.92 Å². The second-order valence-corrected chi connectivity index (χ2v) is 5.01. The molecule has 2 aromatic rings. The Kier molecular flexibility index (Phi) is 3.47. The highest BCUT2D eigenvalue weighted by Crippen LogP contribution is 2.28. The predicted molar refractivity (Wildman–Crippen MR) is 75.4 cm³/mol. The lowest BCUT2D eigenvalue weighted by molar-refractivity contribution is 0.468. The summed E-state index contributed by atoms with van der Waals surface area (Å²) in [6.07, 6.45) is 6.22. The minimum absolute atomic E-state index is 0.687. The molecule has 19 heavy (non-hydrogen) atoms. The molecule has 0 atom stereocenters. The van der Waals surface area contributed by atoms with E-state index in [0.717, 1.165) is 29.2 Å². The van der Waals surface area contributed by atoms with Gasteiger partial charge in [-0.2, -0.15) is 0 Å². The predicted octanol–water partition coefficient (Wildman–Crippen LogP) is 3.43. The van der Waals surface area contributed by atoms with E-state index in [1.807, 2.05) is 30.5 Å². The van der Waals surface area contributed by atoms with Crippen LogP contribution in [0.3, 0.4) is 0 Å². The molecule has 3 nitrogen and oxygen atoms in total. The van der Waals surface area contributed by atoms with Crippen LogP contribution >= 0.6 is 0 Å². The normalized spacial score (nSPS) is 14.4. The van der Waals surface area contributed by atoms with Gasteiger partial charge in [0.25, 0.3) is 0 Å². The van der Waals surface area contributed by atoms with Gasteiger partial charge in [0, 0.05) is 30.5 Å². The first-order valence-corrected chi connectivity index (χ1v) is 6.72. The number of ether oxygens (including phenoxy) is 1. The molecule has 1 heterocycles. The number of rotatable bonds is 5. The molecule has 1 aromatic heterocycles. The van der Waals surface area contributed by atoms with Gasteiger partial charge in [-0.1, -0.05) is 18.2 Å². The average molecular weight is 254 g/mol. The van der Waals surface area contributed by atoms with Gasteiger partial charge >= 0.3 is 0 Å². The number of nitrogens with one attached hydrogen (secondary N) is 1. The van der Waals surface area contributed by atoms with Crippen LogP contribution in [-0.2, 0) is 6.54 Å². The van der Waals surface area contributed by atoms with Crippen molar-refractivity contribution in [1.82, 2.24) is 10.3 Å². The zero-order chi connectivity index (χ0) is 13.1. The number of pyridine rings is 1. The van der Waals surface area contributed by atoms with E-state index in [-0.39, 0.29) is 0 Å². The maximum atomic E-state index is 6.01. The molecule has 0 saturated heterocycles. The minimum Gasteiger partial charge on any atom is -0.457 e. The lowest BCUT2D eigenvalue weighted by Gasteiger charge is -2.12. The van der Waals surface area contributed by atoms with Crippen LogP contribution in [0.25, 0.3) is 0 Å². The van der Waals surface area contributed by atoms with Crippen molar-refractivity contribution in [3.05, 3.63) is 53.9 Å². The van der Waals surface area contributed by atoms with E-state index in [0.29, 0.717) is 6.04 Å². The van der Waals surface area contributed by atoms with Gasteiger partial charge in [0.1, 0.15) is 11.5 Å². The SMILES string of the molecule is Cc1ccccc1Oc1ccncc1CNC1CC1. The lowest BCUT2D eigenvalue weighted by Crippen LogP contribution is -2.15. The number of hydrogen-bond acceptors (Lipinski definition) is 3. The molecule has 1 saturated carbocycles. The topological polar surface area (TPSA) is 34.1 Å². The molecule has 98 valence electrons. The van der Waals surface area contributed by atoms with Crippen LogP contribution in [0.1, 0.15) is 24.0 Å². The number of nitrogens with zero attached hydrogens (tertiary/aromatic N) is 1. The summed E-state index contributed by atoms with van der Waals surface area (Å²) in [6.45, 7) is 2.87. The van der Waals surface area contributed by atoms with Gasteiger partial charge in [0.2, 0.25) is 0 Å². The third-order valence-electron chi connectivity index (χ3n) is 3.33. The smallest absolute Gasteiger partial charge is 0.135 e. The van der Waals surface area contributed by atoms with Crippen LogP contribution in [0.2, 0.25) is 0 Å². The molecule has 1 N–H and O–H groups in total. The Morgan fingerprint density at radius 3 is 2.84 bits per heavy atom. The van der Waals surface area contributed by atoms with Gasteiger partial charge in [-0.3, -0.25) is 4.98 Å². The number of aryl methyl sites for hydroxylation is 1. The summed E-state index contributed by atoms with van der Waals surface area (Å²) in [5.41, 5.74) is 2.25. The fourth-order valence-electron chi connectivity index (χ4n) is 1.98. The molecule has 3 heteroatoms. The Balaban J connectivity index is 1.77. The van der Waals surface area contributed by atoms with Crippen molar-refractivity contribution in [1.29, 1.82) is 0 Å². The van der Waals surface area contributed by atoms with E-state index in [1.54, 1.807) is 6.20 Å². The molecular formula is C16H18N2O. The van der Waals surface area contributed by atoms with E-state index in [1.165, 1.54) is 12.8 Å². The first-order chi connectivity index (χ1) is 9.33. The molecule has 0 amide bonds. The number of benzene rings is 1. The zero-order valence-corrected chi connectivity index (χ0v) is 11.1. The maximum Gasteiger partial charge on any atom is 0.135 e. The summed E-state index contributed by atoms with van der Waals surface area (Å²) < 4.78 is 6.01. The maximum absolute atomic E-state index is 6.01. The fraction of sp³-hybridized carbons (Fsp3) is 0.312. The first kappa shape index (κ1) is 12.2. The average Bonchev–Trinajstić information content (AvgIpc) is 3.24. The molecule has 0 aliphatic heterocycles. The fourth-order valence-corrected chi connectivity index (χ4v) is 1.98. The van der Waals surface area contributed by atoms with Gasteiger partial charge in [0.15, 0.2) is 0 Å². The van der Waals surface area contributed by atoms with Gasteiger partial charge in [-0.05, 0) is 37.5 Å². The molecule has 0 unspecified atom stereocenters. The molecule has 0 spiro atoms. The van der Waals surface area contributed by atoms with E-state index >= 15 is 0 Å². The van der Waals surface area contributed by atoms with Crippen LogP contribution in [0.15, 0.2) is 42.7 Å². The van der Waals surface area contributed by atoms with Gasteiger partial charge in [0.05, 0.1) is 0 Å². The Labute approximate surface area is 113 Å². The number of para-hydroxylation sites is 1. The Morgan fingerprint density at radius 2 is 2.05 bits per heavy atom. The zero-order valence-electron chi connectivity index (χ0n) is 11.1. The molecule has 3 rings (SSSR count). The molecule has 1 aromatic carbocycles. The molecule has 1 aliphatic rings. The molecular weight excluding hydrogens is 236 g/mol. The second-order valence-electron chi connectivity index (χ2n) is 5.01. The summed E-state index contributed by atoms with van der Waals surface area (Å²) in [4.78, 5) is 4.19. The highest BCUT2D eigenvalue weighted by atomic mass is 16.5. The quantitative estimate of drug-likeness (QED) is 0.887. The van der Waals surface area contributed by atoms with Crippen molar-refractivity contribution < 1.29 is 4.74 Å². The Morgan fingerprint density at radius 1 is 1.21 bits per heavy atom. The second kappa shape index (κ2) is 5.41. The summed E-state index contributed by atoms with van der Waals surface area (Å²) >= 11 is 0. The minimum atomic E-state index is 0.687.